The molecule has 0 fully saturated rings. The second kappa shape index (κ2) is 7.87. The van der Waals surface area contributed by atoms with E-state index in [0.717, 1.165) is 10.0 Å². The molecule has 1 N–H and O–H groups in total. The summed E-state index contributed by atoms with van der Waals surface area (Å²) in [5.41, 5.74) is 2.14. The molecular formula is C17H16BrNO3. The number of ether oxygens (including phenoxy) is 1. The quantitative estimate of drug-likeness (QED) is 0.633. The molecule has 22 heavy (non-hydrogen) atoms. The summed E-state index contributed by atoms with van der Waals surface area (Å²) in [5, 5.41) is 3.11. The zero-order chi connectivity index (χ0) is 15.9. The third-order valence-corrected chi connectivity index (χ3v) is 3.91. The Morgan fingerprint density at radius 3 is 2.45 bits per heavy atom. The summed E-state index contributed by atoms with van der Waals surface area (Å²) in [6.45, 7) is 0.788. The van der Waals surface area contributed by atoms with Crippen LogP contribution in [0.2, 0.25) is 0 Å². The molecule has 0 atom stereocenters. The van der Waals surface area contributed by atoms with Crippen molar-refractivity contribution in [2.45, 2.75) is 6.54 Å². The van der Waals surface area contributed by atoms with Crippen molar-refractivity contribution in [1.29, 1.82) is 0 Å². The smallest absolute Gasteiger partial charge is 0.337 e. The van der Waals surface area contributed by atoms with Crippen LogP contribution in [0.25, 0.3) is 0 Å². The minimum atomic E-state index is -0.375. The van der Waals surface area contributed by atoms with Gasteiger partial charge in [-0.2, -0.15) is 0 Å². The van der Waals surface area contributed by atoms with Gasteiger partial charge < -0.3 is 10.1 Å². The van der Waals surface area contributed by atoms with Crippen LogP contribution in [0.15, 0.2) is 53.0 Å². The first-order valence-electron chi connectivity index (χ1n) is 6.77. The highest BCUT2D eigenvalue weighted by molar-refractivity contribution is 9.10. The summed E-state index contributed by atoms with van der Waals surface area (Å²) in [4.78, 5) is 23.4. The van der Waals surface area contributed by atoms with E-state index < -0.39 is 0 Å². The molecule has 0 unspecified atom stereocenters. The number of benzene rings is 2. The fourth-order valence-electron chi connectivity index (χ4n) is 1.97. The van der Waals surface area contributed by atoms with Crippen LogP contribution < -0.4 is 5.32 Å². The largest absolute Gasteiger partial charge is 0.465 e. The third-order valence-electron chi connectivity index (χ3n) is 3.17. The number of esters is 1. The monoisotopic (exact) mass is 361 g/mol. The highest BCUT2D eigenvalue weighted by Crippen LogP contribution is 2.19. The first-order chi connectivity index (χ1) is 10.6. The van der Waals surface area contributed by atoms with Gasteiger partial charge in [-0.15, -0.1) is 0 Å². The van der Waals surface area contributed by atoms with Crippen molar-refractivity contribution in [1.82, 2.24) is 5.32 Å². The molecule has 5 heteroatoms. The average Bonchev–Trinajstić information content (AvgIpc) is 2.56. The maximum Gasteiger partial charge on any atom is 0.337 e. The topological polar surface area (TPSA) is 55.4 Å². The van der Waals surface area contributed by atoms with Crippen molar-refractivity contribution >= 4 is 27.7 Å². The molecule has 0 amide bonds. The number of carbonyl (C=O) groups is 2. The van der Waals surface area contributed by atoms with Crippen LogP contribution >= 0.6 is 15.9 Å². The highest BCUT2D eigenvalue weighted by Gasteiger charge is 2.09. The fraction of sp³-hybridized carbons (Fsp3) is 0.176. The molecule has 0 bridgehead atoms. The van der Waals surface area contributed by atoms with E-state index in [-0.39, 0.29) is 18.3 Å². The Balaban J connectivity index is 1.92. The summed E-state index contributed by atoms with van der Waals surface area (Å²) in [6, 6.07) is 14.4. The van der Waals surface area contributed by atoms with Crippen LogP contribution in [0.3, 0.4) is 0 Å². The molecule has 0 radical (unpaired) electrons. The van der Waals surface area contributed by atoms with Gasteiger partial charge in [0.2, 0.25) is 0 Å². The first-order valence-corrected chi connectivity index (χ1v) is 7.57. The Bertz CT molecular complexity index is 671. The zero-order valence-electron chi connectivity index (χ0n) is 12.1. The van der Waals surface area contributed by atoms with Crippen LogP contribution in [0.4, 0.5) is 0 Å². The zero-order valence-corrected chi connectivity index (χ0v) is 13.7. The normalized spacial score (nSPS) is 10.3. The number of methoxy groups -OCH3 is 1. The van der Waals surface area contributed by atoms with Crippen LogP contribution in [0.1, 0.15) is 26.3 Å². The van der Waals surface area contributed by atoms with E-state index >= 15 is 0 Å². The lowest BCUT2D eigenvalue weighted by Gasteiger charge is -2.08. The number of nitrogens with one attached hydrogen (secondary N) is 1. The lowest BCUT2D eigenvalue weighted by atomic mass is 10.1. The van der Waals surface area contributed by atoms with Gasteiger partial charge in [0, 0.05) is 16.6 Å². The summed E-state index contributed by atoms with van der Waals surface area (Å²) in [6.07, 6.45) is 0. The predicted molar refractivity (Wildman–Crippen MR) is 88.0 cm³/mol. The molecule has 0 aliphatic carbocycles. The summed E-state index contributed by atoms with van der Waals surface area (Å²) < 4.78 is 5.47. The van der Waals surface area contributed by atoms with E-state index in [4.69, 9.17) is 0 Å². The van der Waals surface area contributed by atoms with Gasteiger partial charge in [-0.05, 0) is 17.7 Å². The number of halogens is 1. The van der Waals surface area contributed by atoms with Gasteiger partial charge >= 0.3 is 5.97 Å². The van der Waals surface area contributed by atoms with Crippen molar-refractivity contribution < 1.29 is 14.3 Å². The Morgan fingerprint density at radius 1 is 1.09 bits per heavy atom. The molecule has 0 spiro atoms. The SMILES string of the molecule is COC(=O)c1ccc(CNCC(=O)c2ccccc2)c(Br)c1. The van der Waals surface area contributed by atoms with E-state index in [2.05, 4.69) is 26.0 Å². The van der Waals surface area contributed by atoms with Crippen molar-refractivity contribution in [3.63, 3.8) is 0 Å². The lowest BCUT2D eigenvalue weighted by molar-refractivity contribution is 0.0600. The van der Waals surface area contributed by atoms with Crippen LogP contribution in [0, 0.1) is 0 Å². The second-order valence-corrected chi connectivity index (χ2v) is 5.54. The summed E-state index contributed by atoms with van der Waals surface area (Å²) >= 11 is 3.42. The van der Waals surface area contributed by atoms with Crippen molar-refractivity contribution in [3.8, 4) is 0 Å². The second-order valence-electron chi connectivity index (χ2n) is 4.69. The molecule has 2 rings (SSSR count). The van der Waals surface area contributed by atoms with Gasteiger partial charge in [0.05, 0.1) is 19.2 Å². The molecule has 0 saturated carbocycles. The number of rotatable bonds is 6. The Morgan fingerprint density at radius 2 is 1.82 bits per heavy atom. The van der Waals surface area contributed by atoms with Crippen LogP contribution in [-0.2, 0) is 11.3 Å². The van der Waals surface area contributed by atoms with E-state index in [9.17, 15) is 9.59 Å². The maximum atomic E-state index is 12.0. The number of carbonyl (C=O) groups excluding carboxylic acids is 2. The van der Waals surface area contributed by atoms with Crippen molar-refractivity contribution in [3.05, 3.63) is 69.7 Å². The van der Waals surface area contributed by atoms with Gasteiger partial charge in [0.15, 0.2) is 5.78 Å². The molecule has 0 aliphatic rings. The van der Waals surface area contributed by atoms with E-state index in [0.29, 0.717) is 17.7 Å². The molecule has 0 aliphatic heterocycles. The Kier molecular flexibility index (Phi) is 5.86. The van der Waals surface area contributed by atoms with Crippen molar-refractivity contribution in [2.75, 3.05) is 13.7 Å². The maximum absolute atomic E-state index is 12.0. The summed E-state index contributed by atoms with van der Waals surface area (Å²) in [5.74, 6) is -0.331. The average molecular weight is 362 g/mol. The van der Waals surface area contributed by atoms with E-state index in [1.54, 1.807) is 24.3 Å². The minimum Gasteiger partial charge on any atom is -0.465 e. The Hall–Kier alpha value is -1.98. The molecule has 0 heterocycles. The molecule has 4 nitrogen and oxygen atoms in total. The molecule has 0 aromatic heterocycles. The van der Waals surface area contributed by atoms with Gasteiger partial charge in [0.1, 0.15) is 0 Å². The third kappa shape index (κ3) is 4.26. The number of hydrogen-bond acceptors (Lipinski definition) is 4. The fourth-order valence-corrected chi connectivity index (χ4v) is 2.49. The van der Waals surface area contributed by atoms with E-state index in [1.807, 2.05) is 24.3 Å². The standard InChI is InChI=1S/C17H16BrNO3/c1-22-17(21)13-7-8-14(15(18)9-13)10-19-11-16(20)12-5-3-2-4-6-12/h2-9,19H,10-11H2,1H3. The van der Waals surface area contributed by atoms with Gasteiger partial charge in [-0.3, -0.25) is 4.79 Å². The highest BCUT2D eigenvalue weighted by atomic mass is 79.9. The van der Waals surface area contributed by atoms with Gasteiger partial charge in [-0.25, -0.2) is 4.79 Å². The molecule has 2 aromatic carbocycles. The predicted octanol–water partition coefficient (Wildman–Crippen LogP) is 3.21. The number of hydrogen-bond donors (Lipinski definition) is 1. The molecule has 114 valence electrons. The minimum absolute atomic E-state index is 0.0444. The number of Topliss-reactive ketones (excluding diaryl/α,β-unsaturated/α-hetero) is 1. The molecule has 2 aromatic rings. The van der Waals surface area contributed by atoms with Gasteiger partial charge in [0.25, 0.3) is 0 Å². The molecular weight excluding hydrogens is 346 g/mol. The van der Waals surface area contributed by atoms with Crippen LogP contribution in [-0.4, -0.2) is 25.4 Å². The van der Waals surface area contributed by atoms with Gasteiger partial charge in [-0.1, -0.05) is 52.3 Å². The first kappa shape index (κ1) is 16.4. The summed E-state index contributed by atoms with van der Waals surface area (Å²) in [7, 11) is 1.35. The van der Waals surface area contributed by atoms with Crippen LogP contribution in [0.5, 0.6) is 0 Å². The number of ketones is 1. The Labute approximate surface area is 137 Å². The molecule has 0 saturated heterocycles. The van der Waals surface area contributed by atoms with E-state index in [1.165, 1.54) is 7.11 Å². The lowest BCUT2D eigenvalue weighted by Crippen LogP contribution is -2.22. The van der Waals surface area contributed by atoms with Crippen molar-refractivity contribution in [2.24, 2.45) is 0 Å².